The molecule has 9 nitrogen and oxygen atoms in total. The molecule has 2 aliphatic rings. The number of amides is 3. The smallest absolute Gasteiger partial charge is 0.414 e. The molecule has 3 heterocycles. The van der Waals surface area contributed by atoms with E-state index in [0.29, 0.717) is 42.4 Å². The Kier molecular flexibility index (Phi) is 7.88. The number of thiophene rings is 1. The Morgan fingerprint density at radius 2 is 2.09 bits per heavy atom. The number of rotatable bonds is 5. The predicted octanol–water partition coefficient (Wildman–Crippen LogP) is 2.45. The van der Waals surface area contributed by atoms with Gasteiger partial charge in [-0.2, -0.15) is 0 Å². The molecule has 0 spiro atoms. The minimum absolute atomic E-state index is 0. The molecule has 3 amide bonds. The number of hydrogen-bond donors (Lipinski definition) is 2. The lowest BCUT2D eigenvalue weighted by molar-refractivity contribution is -0.119. The second kappa shape index (κ2) is 10.6. The van der Waals surface area contributed by atoms with Crippen molar-refractivity contribution < 1.29 is 23.5 Å². The van der Waals surface area contributed by atoms with Crippen LogP contribution >= 0.6 is 11.3 Å². The first-order valence-corrected chi connectivity index (χ1v) is 11.2. The summed E-state index contributed by atoms with van der Waals surface area (Å²) in [4.78, 5) is 39.7. The van der Waals surface area contributed by atoms with E-state index in [1.807, 2.05) is 16.3 Å². The first-order chi connectivity index (χ1) is 15.4. The van der Waals surface area contributed by atoms with E-state index in [4.69, 9.17) is 4.74 Å². The highest BCUT2D eigenvalue weighted by molar-refractivity contribution is 7.12. The highest BCUT2D eigenvalue weighted by Crippen LogP contribution is 2.28. The maximum Gasteiger partial charge on any atom is 0.414 e. The first-order valence-electron chi connectivity index (χ1n) is 10.3. The second-order valence-electron chi connectivity index (χ2n) is 7.52. The SMILES string of the molecule is C.CC(=O)NC[C@H]1CN(c2ccc(N3CCNN(C(=O)c4cccs4)CC3)c(F)c2)C(=O)O1. The molecule has 1 aromatic heterocycles. The number of nitrogens with one attached hydrogen (secondary N) is 2. The van der Waals surface area contributed by atoms with Crippen LogP contribution in [0.2, 0.25) is 0 Å². The van der Waals surface area contributed by atoms with Gasteiger partial charge in [0.25, 0.3) is 5.91 Å². The van der Waals surface area contributed by atoms with Gasteiger partial charge in [-0.05, 0) is 29.6 Å². The van der Waals surface area contributed by atoms with Crippen LogP contribution in [0.15, 0.2) is 35.7 Å². The van der Waals surface area contributed by atoms with Crippen molar-refractivity contribution in [2.75, 3.05) is 49.1 Å². The lowest BCUT2D eigenvalue weighted by atomic mass is 10.2. The van der Waals surface area contributed by atoms with E-state index in [-0.39, 0.29) is 32.3 Å². The quantitative estimate of drug-likeness (QED) is 0.687. The van der Waals surface area contributed by atoms with Gasteiger partial charge in [0.15, 0.2) is 0 Å². The number of carbonyl (C=O) groups excluding carboxylic acids is 3. The van der Waals surface area contributed by atoms with Crippen molar-refractivity contribution in [3.8, 4) is 0 Å². The summed E-state index contributed by atoms with van der Waals surface area (Å²) < 4.78 is 20.2. The van der Waals surface area contributed by atoms with Gasteiger partial charge in [-0.3, -0.25) is 19.5 Å². The summed E-state index contributed by atoms with van der Waals surface area (Å²) in [6.07, 6.45) is -1.06. The van der Waals surface area contributed by atoms with Crippen molar-refractivity contribution in [2.24, 2.45) is 0 Å². The van der Waals surface area contributed by atoms with Crippen molar-refractivity contribution in [3.63, 3.8) is 0 Å². The van der Waals surface area contributed by atoms with E-state index < -0.39 is 18.0 Å². The molecule has 2 saturated heterocycles. The Morgan fingerprint density at radius 1 is 1.27 bits per heavy atom. The highest BCUT2D eigenvalue weighted by Gasteiger charge is 2.33. The lowest BCUT2D eigenvalue weighted by Gasteiger charge is -2.24. The molecule has 33 heavy (non-hydrogen) atoms. The third-order valence-corrected chi connectivity index (χ3v) is 6.15. The number of ether oxygens (including phenoxy) is 1. The monoisotopic (exact) mass is 477 g/mol. The molecule has 0 radical (unpaired) electrons. The summed E-state index contributed by atoms with van der Waals surface area (Å²) in [6.45, 7) is 3.70. The van der Waals surface area contributed by atoms with E-state index in [0.717, 1.165) is 0 Å². The molecule has 11 heteroatoms. The van der Waals surface area contributed by atoms with Crippen LogP contribution in [-0.4, -0.2) is 68.3 Å². The largest absolute Gasteiger partial charge is 0.442 e. The van der Waals surface area contributed by atoms with E-state index in [9.17, 15) is 14.4 Å². The average Bonchev–Trinajstić information content (AvgIpc) is 3.36. The summed E-state index contributed by atoms with van der Waals surface area (Å²) in [5.74, 6) is -0.768. The van der Waals surface area contributed by atoms with Gasteiger partial charge in [-0.15, -0.1) is 11.3 Å². The van der Waals surface area contributed by atoms with Crippen molar-refractivity contribution in [1.29, 1.82) is 0 Å². The number of hydrazine groups is 1. The molecule has 2 fully saturated rings. The van der Waals surface area contributed by atoms with Crippen LogP contribution in [0.3, 0.4) is 0 Å². The summed E-state index contributed by atoms with van der Waals surface area (Å²) in [6, 6.07) is 8.23. The van der Waals surface area contributed by atoms with Crippen LogP contribution in [-0.2, 0) is 9.53 Å². The van der Waals surface area contributed by atoms with Gasteiger partial charge in [0.2, 0.25) is 5.91 Å². The van der Waals surface area contributed by atoms with Crippen LogP contribution in [0.5, 0.6) is 0 Å². The fourth-order valence-corrected chi connectivity index (χ4v) is 4.37. The van der Waals surface area contributed by atoms with Crippen molar-refractivity contribution in [2.45, 2.75) is 20.5 Å². The molecule has 0 saturated carbocycles. The molecule has 178 valence electrons. The fourth-order valence-electron chi connectivity index (χ4n) is 3.70. The van der Waals surface area contributed by atoms with E-state index >= 15 is 4.39 Å². The minimum Gasteiger partial charge on any atom is -0.442 e. The highest BCUT2D eigenvalue weighted by atomic mass is 32.1. The number of carbonyl (C=O) groups is 3. The second-order valence-corrected chi connectivity index (χ2v) is 8.47. The number of anilines is 2. The third kappa shape index (κ3) is 5.60. The molecule has 4 rings (SSSR count). The predicted molar refractivity (Wildman–Crippen MR) is 125 cm³/mol. The summed E-state index contributed by atoms with van der Waals surface area (Å²) >= 11 is 1.38. The molecule has 0 bridgehead atoms. The maximum atomic E-state index is 15.0. The molecule has 0 aliphatic carbocycles. The molecule has 1 aromatic carbocycles. The Balaban J connectivity index is 0.00000306. The van der Waals surface area contributed by atoms with Crippen LogP contribution in [0.4, 0.5) is 20.6 Å². The molecular formula is C22H28FN5O4S. The minimum atomic E-state index is -0.575. The molecule has 2 aromatic rings. The number of cyclic esters (lactones) is 1. The van der Waals surface area contributed by atoms with E-state index in [2.05, 4.69) is 10.7 Å². The number of benzene rings is 1. The maximum absolute atomic E-state index is 15.0. The Morgan fingerprint density at radius 3 is 2.79 bits per heavy atom. The number of nitrogens with zero attached hydrogens (tertiary/aromatic N) is 3. The summed E-state index contributed by atoms with van der Waals surface area (Å²) in [7, 11) is 0. The Labute approximate surface area is 196 Å². The fraction of sp³-hybridized carbons (Fsp3) is 0.409. The molecule has 1 atom stereocenters. The van der Waals surface area contributed by atoms with Crippen LogP contribution < -0.4 is 20.5 Å². The first kappa shape index (κ1) is 24.5. The van der Waals surface area contributed by atoms with Crippen molar-refractivity contribution in [3.05, 3.63) is 46.4 Å². The normalized spacial score (nSPS) is 18.4. The van der Waals surface area contributed by atoms with Crippen molar-refractivity contribution in [1.82, 2.24) is 15.8 Å². The van der Waals surface area contributed by atoms with Crippen LogP contribution in [0.1, 0.15) is 24.0 Å². The Bertz CT molecular complexity index is 1000. The van der Waals surface area contributed by atoms with Gasteiger partial charge >= 0.3 is 6.09 Å². The standard InChI is InChI=1S/C21H24FN5O4S.CH4/c1-14(28)23-12-16-13-26(21(30)31-16)15-4-5-18(17(22)11-15)25-7-6-24-27(9-8-25)20(29)19-3-2-10-32-19;/h2-5,10-11,16,24H,6-9,12-13H2,1H3,(H,23,28);1H4/t16-;/m0./s1. The third-order valence-electron chi connectivity index (χ3n) is 5.29. The zero-order chi connectivity index (χ0) is 22.7. The summed E-state index contributed by atoms with van der Waals surface area (Å²) in [5, 5.41) is 6.03. The Hall–Kier alpha value is -3.18. The van der Waals surface area contributed by atoms with Gasteiger partial charge in [0, 0.05) is 26.6 Å². The van der Waals surface area contributed by atoms with Crippen LogP contribution in [0, 0.1) is 5.82 Å². The van der Waals surface area contributed by atoms with Gasteiger partial charge in [-0.1, -0.05) is 13.5 Å². The van der Waals surface area contributed by atoms with Crippen LogP contribution in [0.25, 0.3) is 0 Å². The van der Waals surface area contributed by atoms with Crippen molar-refractivity contribution >= 4 is 40.6 Å². The zero-order valence-electron chi connectivity index (χ0n) is 17.5. The van der Waals surface area contributed by atoms with E-state index in [1.54, 1.807) is 23.2 Å². The van der Waals surface area contributed by atoms with Gasteiger partial charge in [0.05, 0.1) is 35.9 Å². The average molecular weight is 478 g/mol. The zero-order valence-corrected chi connectivity index (χ0v) is 18.4. The van der Waals surface area contributed by atoms with E-state index in [1.165, 1.54) is 29.2 Å². The number of hydrogen-bond acceptors (Lipinski definition) is 7. The summed E-state index contributed by atoms with van der Waals surface area (Å²) in [5.41, 5.74) is 3.90. The molecule has 0 unspecified atom stereocenters. The van der Waals surface area contributed by atoms with Gasteiger partial charge < -0.3 is 15.0 Å². The number of halogens is 1. The molecule has 2 N–H and O–H groups in total. The van der Waals surface area contributed by atoms with Gasteiger partial charge in [-0.25, -0.2) is 14.6 Å². The molecule has 2 aliphatic heterocycles. The lowest BCUT2D eigenvalue weighted by Crippen LogP contribution is -2.43. The topological polar surface area (TPSA) is 94.2 Å². The van der Waals surface area contributed by atoms with Gasteiger partial charge in [0.1, 0.15) is 11.9 Å². The molecular weight excluding hydrogens is 449 g/mol.